The molecule has 0 spiro atoms. The van der Waals surface area contributed by atoms with E-state index in [1.54, 1.807) is 12.1 Å². The number of likely N-dealkylation sites (tertiary alicyclic amines) is 1. The molecule has 1 aliphatic carbocycles. The van der Waals surface area contributed by atoms with E-state index in [4.69, 9.17) is 0 Å². The minimum Gasteiger partial charge on any atom is -0.324 e. The van der Waals surface area contributed by atoms with Gasteiger partial charge >= 0.3 is 6.18 Å². The Morgan fingerprint density at radius 2 is 1.92 bits per heavy atom. The van der Waals surface area contributed by atoms with Crippen LogP contribution in [0.2, 0.25) is 0 Å². The molecule has 39 heavy (non-hydrogen) atoms. The zero-order valence-corrected chi connectivity index (χ0v) is 22.3. The van der Waals surface area contributed by atoms with E-state index in [0.717, 1.165) is 6.07 Å². The summed E-state index contributed by atoms with van der Waals surface area (Å²) in [5.41, 5.74) is 0.0568. The molecule has 12 heteroatoms. The van der Waals surface area contributed by atoms with Crippen molar-refractivity contribution in [3.8, 4) is 11.1 Å². The van der Waals surface area contributed by atoms with Crippen LogP contribution in [0.15, 0.2) is 24.4 Å². The number of amides is 3. The smallest absolute Gasteiger partial charge is 0.324 e. The first-order chi connectivity index (χ1) is 18.4. The summed E-state index contributed by atoms with van der Waals surface area (Å²) in [4.78, 5) is 48.7. The summed E-state index contributed by atoms with van der Waals surface area (Å²) in [7, 11) is 0. The molecule has 3 atom stereocenters. The number of hydrogen-bond donors (Lipinski definition) is 2. The maximum atomic E-state index is 13.8. The Balaban J connectivity index is 1.40. The highest BCUT2D eigenvalue weighted by Gasteiger charge is 2.72. The number of aromatic nitrogens is 2. The highest BCUT2D eigenvalue weighted by Crippen LogP contribution is 2.63. The highest BCUT2D eigenvalue weighted by molar-refractivity contribution is 7.19. The van der Waals surface area contributed by atoms with Crippen molar-refractivity contribution in [2.45, 2.75) is 39.9 Å². The number of halogens is 3. The first-order valence-corrected chi connectivity index (χ1v) is 13.5. The molecule has 3 fully saturated rings. The Bertz CT molecular complexity index is 1520. The number of alkyl halides is 3. The molecule has 3 aliphatic rings. The second kappa shape index (κ2) is 8.82. The first-order valence-electron chi connectivity index (χ1n) is 12.7. The Labute approximate surface area is 226 Å². The lowest BCUT2D eigenvalue weighted by Crippen LogP contribution is -2.35. The second-order valence-corrected chi connectivity index (χ2v) is 12.2. The third-order valence-electron chi connectivity index (χ3n) is 8.13. The summed E-state index contributed by atoms with van der Waals surface area (Å²) in [6.07, 6.45) is -2.56. The van der Waals surface area contributed by atoms with Crippen LogP contribution in [-0.2, 0) is 27.1 Å². The van der Waals surface area contributed by atoms with E-state index in [1.165, 1.54) is 29.4 Å². The Kier molecular flexibility index (Phi) is 5.85. The van der Waals surface area contributed by atoms with E-state index >= 15 is 0 Å². The number of rotatable bonds is 5. The summed E-state index contributed by atoms with van der Waals surface area (Å²) in [5, 5.41) is 5.95. The van der Waals surface area contributed by atoms with Crippen molar-refractivity contribution in [1.29, 1.82) is 0 Å². The molecular weight excluding hydrogens is 531 g/mol. The summed E-state index contributed by atoms with van der Waals surface area (Å²) < 4.78 is 41.9. The summed E-state index contributed by atoms with van der Waals surface area (Å²) in [6, 6.07) is 4.31. The molecule has 3 unspecified atom stereocenters. The van der Waals surface area contributed by atoms with Crippen molar-refractivity contribution >= 4 is 45.0 Å². The van der Waals surface area contributed by atoms with Crippen molar-refractivity contribution in [2.75, 3.05) is 18.4 Å². The zero-order valence-electron chi connectivity index (χ0n) is 21.5. The SMILES string of the molecule is Cc1nc(C(F)(F)F)cc(-c2ccnc3cc(CN4C(=O)C5C(C4=O)C5(C)C)sc23)c1NC(=O)C1CCNC1. The van der Waals surface area contributed by atoms with Crippen molar-refractivity contribution in [3.63, 3.8) is 0 Å². The maximum absolute atomic E-state index is 13.8. The summed E-state index contributed by atoms with van der Waals surface area (Å²) >= 11 is 1.26. The standard InChI is InChI=1S/C27H26F3N5O3S/c1-12-21(34-23(36)13-4-6-31-10-13)16(9-18(33-12)27(28,29)30)15-5-7-32-17-8-14(39-22(15)17)11-35-24(37)19-20(25(35)38)26(19,2)3/h5,7-9,13,19-20,31H,4,6,10-11H2,1-3H3,(H,34,36). The van der Waals surface area contributed by atoms with Gasteiger partial charge in [-0.1, -0.05) is 13.8 Å². The van der Waals surface area contributed by atoms with Gasteiger partial charge in [0.25, 0.3) is 0 Å². The number of nitrogens with one attached hydrogen (secondary N) is 2. The Morgan fingerprint density at radius 3 is 2.56 bits per heavy atom. The summed E-state index contributed by atoms with van der Waals surface area (Å²) in [5.74, 6) is -1.55. The lowest BCUT2D eigenvalue weighted by Gasteiger charge is -2.19. The molecule has 1 saturated carbocycles. The van der Waals surface area contributed by atoms with Crippen LogP contribution in [0.5, 0.6) is 0 Å². The fraction of sp³-hybridized carbons (Fsp3) is 0.444. The van der Waals surface area contributed by atoms with Crippen molar-refractivity contribution in [3.05, 3.63) is 40.7 Å². The van der Waals surface area contributed by atoms with Crippen molar-refractivity contribution in [1.82, 2.24) is 20.2 Å². The molecule has 3 aromatic rings. The molecule has 3 amide bonds. The molecular formula is C27H26F3N5O3S. The number of carbonyl (C=O) groups is 3. The van der Waals surface area contributed by atoms with Gasteiger partial charge in [0, 0.05) is 28.7 Å². The van der Waals surface area contributed by atoms with Crippen LogP contribution in [-0.4, -0.2) is 45.7 Å². The lowest BCUT2D eigenvalue weighted by atomic mass is 10.0. The molecule has 2 N–H and O–H groups in total. The normalized spacial score (nSPS) is 23.9. The molecule has 8 nitrogen and oxygen atoms in total. The molecule has 2 aliphatic heterocycles. The fourth-order valence-electron chi connectivity index (χ4n) is 5.88. The molecule has 6 rings (SSSR count). The largest absolute Gasteiger partial charge is 0.433 e. The van der Waals surface area contributed by atoms with E-state index in [2.05, 4.69) is 20.6 Å². The number of anilines is 1. The average molecular weight is 558 g/mol. The maximum Gasteiger partial charge on any atom is 0.433 e. The van der Waals surface area contributed by atoms with Gasteiger partial charge in [-0.2, -0.15) is 13.2 Å². The molecule has 0 bridgehead atoms. The number of aryl methyl sites for hydroxylation is 1. The van der Waals surface area contributed by atoms with Gasteiger partial charge in [-0.3, -0.25) is 24.3 Å². The molecule has 0 radical (unpaired) electrons. The van der Waals surface area contributed by atoms with Crippen LogP contribution < -0.4 is 10.6 Å². The van der Waals surface area contributed by atoms with Gasteiger partial charge in [0.2, 0.25) is 17.7 Å². The van der Waals surface area contributed by atoms with Gasteiger partial charge in [-0.05, 0) is 43.5 Å². The van der Waals surface area contributed by atoms with E-state index in [1.807, 2.05) is 13.8 Å². The van der Waals surface area contributed by atoms with Crippen LogP contribution in [0, 0.1) is 30.1 Å². The third-order valence-corrected chi connectivity index (χ3v) is 9.27. The number of piperidine rings is 1. The number of thiophene rings is 1. The van der Waals surface area contributed by atoms with Crippen LogP contribution in [0.25, 0.3) is 21.3 Å². The van der Waals surface area contributed by atoms with Gasteiger partial charge in [0.1, 0.15) is 5.69 Å². The first kappa shape index (κ1) is 25.9. The number of hydrogen-bond acceptors (Lipinski definition) is 7. The third kappa shape index (κ3) is 4.20. The van der Waals surface area contributed by atoms with Crippen LogP contribution in [0.4, 0.5) is 18.9 Å². The molecule has 204 valence electrons. The Morgan fingerprint density at radius 1 is 1.21 bits per heavy atom. The van der Waals surface area contributed by atoms with Crippen LogP contribution >= 0.6 is 11.3 Å². The minimum absolute atomic E-state index is 0.0518. The minimum atomic E-state index is -4.69. The molecule has 5 heterocycles. The molecule has 2 saturated heterocycles. The number of imide groups is 1. The monoisotopic (exact) mass is 557 g/mol. The predicted octanol–water partition coefficient (Wildman–Crippen LogP) is 4.37. The number of pyridine rings is 2. The van der Waals surface area contributed by atoms with E-state index in [9.17, 15) is 27.6 Å². The van der Waals surface area contributed by atoms with E-state index < -0.39 is 11.9 Å². The van der Waals surface area contributed by atoms with Crippen LogP contribution in [0.3, 0.4) is 0 Å². The summed E-state index contributed by atoms with van der Waals surface area (Å²) in [6.45, 7) is 6.54. The van der Waals surface area contributed by atoms with Crippen molar-refractivity contribution in [2.24, 2.45) is 23.2 Å². The molecule has 3 aromatic heterocycles. The number of fused-ring (bicyclic) bond motifs is 2. The zero-order chi connectivity index (χ0) is 27.9. The second-order valence-electron chi connectivity index (χ2n) is 11.0. The Hall–Kier alpha value is -3.38. The quantitative estimate of drug-likeness (QED) is 0.452. The van der Waals surface area contributed by atoms with Crippen LogP contribution in [0.1, 0.15) is 36.5 Å². The van der Waals surface area contributed by atoms with E-state index in [-0.39, 0.29) is 64.4 Å². The van der Waals surface area contributed by atoms with E-state index in [0.29, 0.717) is 40.2 Å². The number of nitrogens with zero attached hydrogens (tertiary/aromatic N) is 3. The van der Waals surface area contributed by atoms with Gasteiger partial charge in [-0.25, -0.2) is 4.98 Å². The van der Waals surface area contributed by atoms with Gasteiger partial charge < -0.3 is 10.6 Å². The topological polar surface area (TPSA) is 104 Å². The number of carbonyl (C=O) groups excluding carboxylic acids is 3. The fourth-order valence-corrected chi connectivity index (χ4v) is 7.02. The highest BCUT2D eigenvalue weighted by atomic mass is 32.1. The predicted molar refractivity (Wildman–Crippen MR) is 139 cm³/mol. The van der Waals surface area contributed by atoms with Crippen molar-refractivity contribution < 1.29 is 27.6 Å². The molecule has 0 aromatic carbocycles. The average Bonchev–Trinajstić information content (AvgIpc) is 3.34. The van der Waals surface area contributed by atoms with Gasteiger partial charge in [0.05, 0.1) is 45.9 Å². The van der Waals surface area contributed by atoms with Gasteiger partial charge in [0.15, 0.2) is 0 Å². The van der Waals surface area contributed by atoms with Gasteiger partial charge in [-0.15, -0.1) is 11.3 Å². The lowest BCUT2D eigenvalue weighted by molar-refractivity contribution is -0.144.